The number of hydrogen-bond donors (Lipinski definition) is 1. The summed E-state index contributed by atoms with van der Waals surface area (Å²) in [6.45, 7) is 4.36. The number of aryl methyl sites for hydroxylation is 1. The molecule has 0 unspecified atom stereocenters. The molecular weight excluding hydrogens is 278 g/mol. The Morgan fingerprint density at radius 3 is 2.55 bits per heavy atom. The predicted octanol–water partition coefficient (Wildman–Crippen LogP) is 3.25. The fourth-order valence-electron chi connectivity index (χ4n) is 2.27. The van der Waals surface area contributed by atoms with Crippen LogP contribution in [0.3, 0.4) is 0 Å². The van der Waals surface area contributed by atoms with Crippen LogP contribution in [-0.4, -0.2) is 20.1 Å². The topological polar surface area (TPSA) is 47.6 Å². The van der Waals surface area contributed by atoms with Crippen molar-refractivity contribution in [2.75, 3.05) is 14.2 Å². The molecule has 0 aromatic heterocycles. The van der Waals surface area contributed by atoms with Crippen LogP contribution in [0.25, 0.3) is 0 Å². The van der Waals surface area contributed by atoms with Crippen LogP contribution in [0.2, 0.25) is 0 Å². The highest BCUT2D eigenvalue weighted by Gasteiger charge is 2.11. The Balaban J connectivity index is 2.13. The Morgan fingerprint density at radius 1 is 1.09 bits per heavy atom. The van der Waals surface area contributed by atoms with Gasteiger partial charge < -0.3 is 14.8 Å². The van der Waals surface area contributed by atoms with Crippen molar-refractivity contribution in [3.05, 3.63) is 58.7 Å². The maximum atomic E-state index is 12.3. The van der Waals surface area contributed by atoms with Crippen molar-refractivity contribution in [3.8, 4) is 11.5 Å². The zero-order valence-electron chi connectivity index (χ0n) is 13.4. The van der Waals surface area contributed by atoms with Gasteiger partial charge in [0, 0.05) is 23.7 Å². The molecule has 0 heterocycles. The van der Waals surface area contributed by atoms with E-state index in [9.17, 15) is 4.79 Å². The van der Waals surface area contributed by atoms with E-state index in [2.05, 4.69) is 5.32 Å². The van der Waals surface area contributed by atoms with Crippen molar-refractivity contribution in [2.45, 2.75) is 20.4 Å². The highest BCUT2D eigenvalue weighted by Crippen LogP contribution is 2.24. The number of amides is 1. The van der Waals surface area contributed by atoms with Gasteiger partial charge in [0.05, 0.1) is 14.2 Å². The highest BCUT2D eigenvalue weighted by atomic mass is 16.5. The van der Waals surface area contributed by atoms with E-state index in [1.165, 1.54) is 0 Å². The highest BCUT2D eigenvalue weighted by molar-refractivity contribution is 5.95. The molecule has 0 aliphatic carbocycles. The standard InChI is InChI=1S/C18H21NO3/c1-12-6-5-7-16(13(12)2)18(20)19-11-14-8-9-15(21-3)10-17(14)22-4/h5-10H,11H2,1-4H3,(H,19,20). The van der Waals surface area contributed by atoms with Crippen molar-refractivity contribution in [2.24, 2.45) is 0 Å². The molecule has 0 atom stereocenters. The molecule has 0 fully saturated rings. The van der Waals surface area contributed by atoms with Gasteiger partial charge in [-0.2, -0.15) is 0 Å². The molecule has 0 spiro atoms. The number of carbonyl (C=O) groups excluding carboxylic acids is 1. The third kappa shape index (κ3) is 3.39. The molecular formula is C18H21NO3. The molecule has 2 aromatic carbocycles. The van der Waals surface area contributed by atoms with E-state index in [0.717, 1.165) is 22.4 Å². The average Bonchev–Trinajstić information content (AvgIpc) is 2.54. The number of carbonyl (C=O) groups is 1. The Morgan fingerprint density at radius 2 is 1.86 bits per heavy atom. The quantitative estimate of drug-likeness (QED) is 0.922. The minimum Gasteiger partial charge on any atom is -0.497 e. The minimum atomic E-state index is -0.0842. The van der Waals surface area contributed by atoms with E-state index in [-0.39, 0.29) is 5.91 Å². The summed E-state index contributed by atoms with van der Waals surface area (Å²) in [6.07, 6.45) is 0. The number of nitrogens with one attached hydrogen (secondary N) is 1. The lowest BCUT2D eigenvalue weighted by Gasteiger charge is -2.12. The molecule has 2 rings (SSSR count). The first kappa shape index (κ1) is 15.9. The Hall–Kier alpha value is -2.49. The van der Waals surface area contributed by atoms with Crippen LogP contribution in [0.5, 0.6) is 11.5 Å². The first-order chi connectivity index (χ1) is 10.6. The van der Waals surface area contributed by atoms with Crippen molar-refractivity contribution in [1.82, 2.24) is 5.32 Å². The van der Waals surface area contributed by atoms with Crippen molar-refractivity contribution in [1.29, 1.82) is 0 Å². The van der Waals surface area contributed by atoms with Gasteiger partial charge in [-0.15, -0.1) is 0 Å². The first-order valence-corrected chi connectivity index (χ1v) is 7.12. The van der Waals surface area contributed by atoms with Crippen molar-refractivity contribution in [3.63, 3.8) is 0 Å². The van der Waals surface area contributed by atoms with Crippen molar-refractivity contribution >= 4 is 5.91 Å². The van der Waals surface area contributed by atoms with Gasteiger partial charge in [0.1, 0.15) is 11.5 Å². The fraction of sp³-hybridized carbons (Fsp3) is 0.278. The van der Waals surface area contributed by atoms with E-state index < -0.39 is 0 Å². The van der Waals surface area contributed by atoms with Crippen LogP contribution < -0.4 is 14.8 Å². The van der Waals surface area contributed by atoms with Crippen LogP contribution in [0.4, 0.5) is 0 Å². The van der Waals surface area contributed by atoms with E-state index in [1.54, 1.807) is 20.3 Å². The number of hydrogen-bond acceptors (Lipinski definition) is 3. The lowest BCUT2D eigenvalue weighted by Crippen LogP contribution is -2.24. The summed E-state index contributed by atoms with van der Waals surface area (Å²) >= 11 is 0. The summed E-state index contributed by atoms with van der Waals surface area (Å²) in [6, 6.07) is 11.3. The second-order valence-electron chi connectivity index (χ2n) is 5.11. The number of benzene rings is 2. The molecule has 2 aromatic rings. The smallest absolute Gasteiger partial charge is 0.251 e. The SMILES string of the molecule is COc1ccc(CNC(=O)c2cccc(C)c2C)c(OC)c1. The number of rotatable bonds is 5. The summed E-state index contributed by atoms with van der Waals surface area (Å²) in [5.41, 5.74) is 3.71. The Bertz CT molecular complexity index is 680. The first-order valence-electron chi connectivity index (χ1n) is 7.12. The normalized spacial score (nSPS) is 10.2. The summed E-state index contributed by atoms with van der Waals surface area (Å²) in [5, 5.41) is 2.94. The molecule has 1 amide bonds. The van der Waals surface area contributed by atoms with Crippen LogP contribution in [0.1, 0.15) is 27.0 Å². The van der Waals surface area contributed by atoms with Gasteiger partial charge in [-0.1, -0.05) is 12.1 Å². The predicted molar refractivity (Wildman–Crippen MR) is 86.6 cm³/mol. The van der Waals surface area contributed by atoms with Gasteiger partial charge in [-0.05, 0) is 43.2 Å². The second kappa shape index (κ2) is 6.98. The molecule has 1 N–H and O–H groups in total. The van der Waals surface area contributed by atoms with Crippen LogP contribution in [-0.2, 0) is 6.54 Å². The lowest BCUT2D eigenvalue weighted by atomic mass is 10.0. The molecule has 0 aliphatic heterocycles. The maximum absolute atomic E-state index is 12.3. The molecule has 22 heavy (non-hydrogen) atoms. The van der Waals surface area contributed by atoms with Crippen molar-refractivity contribution < 1.29 is 14.3 Å². The molecule has 0 aliphatic rings. The van der Waals surface area contributed by atoms with Gasteiger partial charge in [-0.25, -0.2) is 0 Å². The van der Waals surface area contributed by atoms with Crippen LogP contribution in [0, 0.1) is 13.8 Å². The molecule has 4 nitrogen and oxygen atoms in total. The largest absolute Gasteiger partial charge is 0.497 e. The monoisotopic (exact) mass is 299 g/mol. The molecule has 116 valence electrons. The molecule has 0 radical (unpaired) electrons. The van der Waals surface area contributed by atoms with Gasteiger partial charge in [-0.3, -0.25) is 4.79 Å². The molecule has 4 heteroatoms. The summed E-state index contributed by atoms with van der Waals surface area (Å²) in [7, 11) is 3.21. The fourth-order valence-corrected chi connectivity index (χ4v) is 2.27. The Kier molecular flexibility index (Phi) is 5.04. The third-order valence-corrected chi connectivity index (χ3v) is 3.78. The minimum absolute atomic E-state index is 0.0842. The average molecular weight is 299 g/mol. The second-order valence-corrected chi connectivity index (χ2v) is 5.11. The van der Waals surface area contributed by atoms with E-state index >= 15 is 0 Å². The Labute approximate surface area is 131 Å². The van der Waals surface area contributed by atoms with Gasteiger partial charge >= 0.3 is 0 Å². The van der Waals surface area contributed by atoms with Gasteiger partial charge in [0.15, 0.2) is 0 Å². The van der Waals surface area contributed by atoms with Gasteiger partial charge in [0.25, 0.3) is 5.91 Å². The van der Waals surface area contributed by atoms with Crippen LogP contribution >= 0.6 is 0 Å². The third-order valence-electron chi connectivity index (χ3n) is 3.78. The zero-order valence-corrected chi connectivity index (χ0v) is 13.4. The van der Waals surface area contributed by atoms with E-state index in [1.807, 2.05) is 44.2 Å². The van der Waals surface area contributed by atoms with E-state index in [0.29, 0.717) is 17.9 Å². The number of ether oxygens (including phenoxy) is 2. The summed E-state index contributed by atoms with van der Waals surface area (Å²) < 4.78 is 10.5. The lowest BCUT2D eigenvalue weighted by molar-refractivity contribution is 0.0950. The van der Waals surface area contributed by atoms with Gasteiger partial charge in [0.2, 0.25) is 0 Å². The maximum Gasteiger partial charge on any atom is 0.251 e. The number of methoxy groups -OCH3 is 2. The zero-order chi connectivity index (χ0) is 16.1. The van der Waals surface area contributed by atoms with Crippen LogP contribution in [0.15, 0.2) is 36.4 Å². The van der Waals surface area contributed by atoms with E-state index in [4.69, 9.17) is 9.47 Å². The molecule has 0 bridgehead atoms. The summed E-state index contributed by atoms with van der Waals surface area (Å²) in [5.74, 6) is 1.33. The summed E-state index contributed by atoms with van der Waals surface area (Å²) in [4.78, 5) is 12.3. The molecule has 0 saturated heterocycles. The molecule has 0 saturated carbocycles.